The predicted octanol–water partition coefficient (Wildman–Crippen LogP) is 2.40. The number of aliphatic hydroxyl groups excluding tert-OH is 1. The SMILES string of the molecule is OC[C@H]1CCCN(Cc2nc(-c3ccc(-c4ccncn4)cc3)no2)C1. The normalized spacial score (nSPS) is 18.1. The molecule has 1 saturated heterocycles. The maximum absolute atomic E-state index is 9.35. The summed E-state index contributed by atoms with van der Waals surface area (Å²) >= 11 is 0. The summed E-state index contributed by atoms with van der Waals surface area (Å²) in [6.07, 6.45) is 5.44. The van der Waals surface area contributed by atoms with Gasteiger partial charge < -0.3 is 9.63 Å². The quantitative estimate of drug-likeness (QED) is 0.755. The molecule has 0 saturated carbocycles. The van der Waals surface area contributed by atoms with E-state index in [1.807, 2.05) is 30.3 Å². The smallest absolute Gasteiger partial charge is 0.241 e. The first-order chi connectivity index (χ1) is 12.8. The molecule has 3 heterocycles. The van der Waals surface area contributed by atoms with E-state index < -0.39 is 0 Å². The van der Waals surface area contributed by atoms with Crippen LogP contribution in [0.5, 0.6) is 0 Å². The van der Waals surface area contributed by atoms with Gasteiger partial charge in [0, 0.05) is 30.5 Å². The monoisotopic (exact) mass is 351 g/mol. The fourth-order valence-electron chi connectivity index (χ4n) is 3.32. The van der Waals surface area contributed by atoms with Gasteiger partial charge in [-0.15, -0.1) is 0 Å². The Kier molecular flexibility index (Phi) is 4.99. The number of benzene rings is 1. The maximum atomic E-state index is 9.35. The number of hydrogen-bond acceptors (Lipinski definition) is 7. The molecule has 3 aromatic rings. The summed E-state index contributed by atoms with van der Waals surface area (Å²) in [6.45, 7) is 2.75. The molecule has 4 rings (SSSR count). The van der Waals surface area contributed by atoms with Crippen LogP contribution in [-0.4, -0.2) is 49.8 Å². The summed E-state index contributed by atoms with van der Waals surface area (Å²) in [5, 5.41) is 13.5. The minimum Gasteiger partial charge on any atom is -0.396 e. The van der Waals surface area contributed by atoms with Crippen LogP contribution in [0.25, 0.3) is 22.6 Å². The Labute approximate surface area is 151 Å². The molecule has 134 valence electrons. The standard InChI is InChI=1S/C19H21N5O2/c25-12-14-2-1-9-24(10-14)11-18-22-19(23-26-18)16-5-3-15(4-6-16)17-7-8-20-13-21-17/h3-8,13-14,25H,1-2,9-12H2/t14-/m0/s1. The number of hydrogen-bond donors (Lipinski definition) is 1. The molecule has 1 aliphatic heterocycles. The molecule has 0 aliphatic carbocycles. The van der Waals surface area contributed by atoms with Crippen LogP contribution in [0.15, 0.2) is 47.4 Å². The second-order valence-electron chi connectivity index (χ2n) is 6.61. The third-order valence-electron chi connectivity index (χ3n) is 4.71. The largest absolute Gasteiger partial charge is 0.396 e. The van der Waals surface area contributed by atoms with Gasteiger partial charge in [0.1, 0.15) is 6.33 Å². The Morgan fingerprint density at radius 1 is 1.15 bits per heavy atom. The highest BCUT2D eigenvalue weighted by atomic mass is 16.5. The molecule has 0 unspecified atom stereocenters. The summed E-state index contributed by atoms with van der Waals surface area (Å²) in [7, 11) is 0. The number of rotatable bonds is 5. The molecule has 1 atom stereocenters. The van der Waals surface area contributed by atoms with E-state index in [9.17, 15) is 5.11 Å². The van der Waals surface area contributed by atoms with E-state index in [0.717, 1.165) is 42.8 Å². The second kappa shape index (κ2) is 7.72. The molecule has 0 radical (unpaired) electrons. The molecule has 7 nitrogen and oxygen atoms in total. The van der Waals surface area contributed by atoms with Crippen molar-refractivity contribution in [1.29, 1.82) is 0 Å². The zero-order valence-corrected chi connectivity index (χ0v) is 14.5. The predicted molar refractivity (Wildman–Crippen MR) is 95.8 cm³/mol. The summed E-state index contributed by atoms with van der Waals surface area (Å²) in [5.74, 6) is 1.55. The van der Waals surface area contributed by atoms with E-state index >= 15 is 0 Å². The van der Waals surface area contributed by atoms with Gasteiger partial charge in [0.05, 0.1) is 12.2 Å². The van der Waals surface area contributed by atoms with Crippen molar-refractivity contribution in [3.8, 4) is 22.6 Å². The fraction of sp³-hybridized carbons (Fsp3) is 0.368. The van der Waals surface area contributed by atoms with Crippen LogP contribution < -0.4 is 0 Å². The van der Waals surface area contributed by atoms with E-state index in [-0.39, 0.29) is 6.61 Å². The summed E-state index contributed by atoms with van der Waals surface area (Å²) < 4.78 is 5.42. The van der Waals surface area contributed by atoms with Crippen LogP contribution in [0.3, 0.4) is 0 Å². The third-order valence-corrected chi connectivity index (χ3v) is 4.71. The Morgan fingerprint density at radius 2 is 2.00 bits per heavy atom. The lowest BCUT2D eigenvalue weighted by atomic mass is 9.99. The second-order valence-corrected chi connectivity index (χ2v) is 6.61. The molecule has 1 aliphatic rings. The summed E-state index contributed by atoms with van der Waals surface area (Å²) in [6, 6.07) is 9.79. The molecule has 0 bridgehead atoms. The van der Waals surface area contributed by atoms with Crippen LogP contribution in [0.4, 0.5) is 0 Å². The van der Waals surface area contributed by atoms with Gasteiger partial charge in [-0.25, -0.2) is 9.97 Å². The van der Waals surface area contributed by atoms with Gasteiger partial charge in [-0.3, -0.25) is 4.90 Å². The first-order valence-corrected chi connectivity index (χ1v) is 8.84. The van der Waals surface area contributed by atoms with Crippen LogP contribution in [0.1, 0.15) is 18.7 Å². The van der Waals surface area contributed by atoms with Crippen LogP contribution in [0, 0.1) is 5.92 Å². The fourth-order valence-corrected chi connectivity index (χ4v) is 3.32. The van der Waals surface area contributed by atoms with Crippen molar-refractivity contribution >= 4 is 0 Å². The Morgan fingerprint density at radius 3 is 2.77 bits per heavy atom. The van der Waals surface area contributed by atoms with Crippen molar-refractivity contribution in [1.82, 2.24) is 25.0 Å². The number of aromatic nitrogens is 4. The number of likely N-dealkylation sites (tertiary alicyclic amines) is 1. The van der Waals surface area contributed by atoms with Gasteiger partial charge in [-0.1, -0.05) is 29.4 Å². The van der Waals surface area contributed by atoms with Crippen molar-refractivity contribution < 1.29 is 9.63 Å². The lowest BCUT2D eigenvalue weighted by molar-refractivity contribution is 0.107. The molecule has 1 aromatic carbocycles. The Hall–Kier alpha value is -2.64. The minimum atomic E-state index is 0.240. The van der Waals surface area contributed by atoms with Gasteiger partial charge in [0.25, 0.3) is 0 Å². The number of nitrogens with zero attached hydrogens (tertiary/aromatic N) is 5. The van der Waals surface area contributed by atoms with Gasteiger partial charge in [0.2, 0.25) is 11.7 Å². The molecule has 0 spiro atoms. The van der Waals surface area contributed by atoms with E-state index in [1.165, 1.54) is 6.33 Å². The maximum Gasteiger partial charge on any atom is 0.241 e. The molecule has 1 fully saturated rings. The Bertz CT molecular complexity index is 835. The summed E-state index contributed by atoms with van der Waals surface area (Å²) in [4.78, 5) is 15.0. The molecule has 1 N–H and O–H groups in total. The van der Waals surface area contributed by atoms with Crippen LogP contribution in [0.2, 0.25) is 0 Å². The van der Waals surface area contributed by atoms with Crippen molar-refractivity contribution in [3.63, 3.8) is 0 Å². The van der Waals surface area contributed by atoms with Gasteiger partial charge in [-0.05, 0) is 31.4 Å². The van der Waals surface area contributed by atoms with Gasteiger partial charge >= 0.3 is 0 Å². The first-order valence-electron chi connectivity index (χ1n) is 8.84. The lowest BCUT2D eigenvalue weighted by Crippen LogP contribution is -2.36. The minimum absolute atomic E-state index is 0.240. The zero-order chi connectivity index (χ0) is 17.8. The Balaban J connectivity index is 1.44. The molecular weight excluding hydrogens is 330 g/mol. The van der Waals surface area contributed by atoms with E-state index in [1.54, 1.807) is 6.20 Å². The highest BCUT2D eigenvalue weighted by molar-refractivity contribution is 5.64. The molecule has 7 heteroatoms. The topological polar surface area (TPSA) is 88.2 Å². The van der Waals surface area contributed by atoms with Crippen LogP contribution >= 0.6 is 0 Å². The molecule has 2 aromatic heterocycles. The van der Waals surface area contributed by atoms with Crippen molar-refractivity contribution in [2.75, 3.05) is 19.7 Å². The third kappa shape index (κ3) is 3.79. The molecular formula is C19H21N5O2. The van der Waals surface area contributed by atoms with Crippen LogP contribution in [-0.2, 0) is 6.54 Å². The molecule has 26 heavy (non-hydrogen) atoms. The van der Waals surface area contributed by atoms with Crippen molar-refractivity contribution in [2.24, 2.45) is 5.92 Å². The highest BCUT2D eigenvalue weighted by Gasteiger charge is 2.21. The number of aliphatic hydroxyl groups is 1. The zero-order valence-electron chi connectivity index (χ0n) is 14.5. The van der Waals surface area contributed by atoms with Crippen molar-refractivity contribution in [3.05, 3.63) is 48.7 Å². The van der Waals surface area contributed by atoms with E-state index in [4.69, 9.17) is 4.52 Å². The van der Waals surface area contributed by atoms with Gasteiger partial charge in [0.15, 0.2) is 0 Å². The molecule has 0 amide bonds. The van der Waals surface area contributed by atoms with E-state index in [2.05, 4.69) is 25.0 Å². The highest BCUT2D eigenvalue weighted by Crippen LogP contribution is 2.23. The average Bonchev–Trinajstić information content (AvgIpc) is 3.17. The van der Waals surface area contributed by atoms with Gasteiger partial charge in [-0.2, -0.15) is 4.98 Å². The van der Waals surface area contributed by atoms with Crippen molar-refractivity contribution in [2.45, 2.75) is 19.4 Å². The van der Waals surface area contributed by atoms with E-state index in [0.29, 0.717) is 24.2 Å². The lowest BCUT2D eigenvalue weighted by Gasteiger charge is -2.30. The first kappa shape index (κ1) is 16.8. The average molecular weight is 351 g/mol. The summed E-state index contributed by atoms with van der Waals surface area (Å²) in [5.41, 5.74) is 2.80. The number of piperidine rings is 1.